The van der Waals surface area contributed by atoms with Crippen LogP contribution in [0.4, 0.5) is 0 Å². The Balaban J connectivity index is 2.06. The third kappa shape index (κ3) is 4.94. The second-order valence-electron chi connectivity index (χ2n) is 5.12. The molecule has 136 valence electrons. The van der Waals surface area contributed by atoms with E-state index in [-0.39, 0.29) is 22.9 Å². The van der Waals surface area contributed by atoms with Gasteiger partial charge in [0.25, 0.3) is 0 Å². The van der Waals surface area contributed by atoms with Crippen LogP contribution in [-0.4, -0.2) is 43.4 Å². The predicted molar refractivity (Wildman–Crippen MR) is 93.2 cm³/mol. The fraction of sp³-hybridized carbons (Fsp3) is 0.250. The zero-order valence-corrected chi connectivity index (χ0v) is 15.4. The second kappa shape index (κ2) is 7.85. The zero-order valence-electron chi connectivity index (χ0n) is 13.8. The Morgan fingerprint density at radius 1 is 0.880 bits per heavy atom. The molecule has 0 aliphatic carbocycles. The molecular weight excluding hydrogens is 366 g/mol. The molecule has 2 aromatic carbocycles. The van der Waals surface area contributed by atoms with Gasteiger partial charge in [0, 0.05) is 12.8 Å². The molecule has 0 saturated heterocycles. The van der Waals surface area contributed by atoms with Gasteiger partial charge in [0.05, 0.1) is 12.0 Å². The van der Waals surface area contributed by atoms with Gasteiger partial charge in [-0.2, -0.15) is 0 Å². The van der Waals surface area contributed by atoms with Gasteiger partial charge in [-0.25, -0.2) is 21.6 Å². The molecule has 0 atom stereocenters. The highest BCUT2D eigenvalue weighted by Crippen LogP contribution is 2.25. The van der Waals surface area contributed by atoms with E-state index < -0.39 is 19.9 Å². The lowest BCUT2D eigenvalue weighted by Gasteiger charge is -2.12. The van der Waals surface area contributed by atoms with Gasteiger partial charge in [0.1, 0.15) is 11.5 Å². The molecule has 9 heteroatoms. The fourth-order valence-electron chi connectivity index (χ4n) is 2.13. The lowest BCUT2D eigenvalue weighted by atomic mass is 10.3. The molecule has 0 unspecified atom stereocenters. The largest absolute Gasteiger partial charge is 0.493 e. The van der Waals surface area contributed by atoms with Gasteiger partial charge >= 0.3 is 0 Å². The van der Waals surface area contributed by atoms with Crippen LogP contribution in [0, 0.1) is 0 Å². The minimum absolute atomic E-state index is 0.0293. The van der Waals surface area contributed by atoms with Crippen LogP contribution < -0.4 is 14.2 Å². The summed E-state index contributed by atoms with van der Waals surface area (Å²) in [5, 5.41) is 0. The van der Waals surface area contributed by atoms with Crippen molar-refractivity contribution in [2.75, 3.05) is 26.5 Å². The zero-order chi connectivity index (χ0) is 18.5. The van der Waals surface area contributed by atoms with Gasteiger partial charge in [-0.15, -0.1) is 0 Å². The first kappa shape index (κ1) is 19.2. The molecule has 0 heterocycles. The van der Waals surface area contributed by atoms with Crippen LogP contribution in [0.2, 0.25) is 0 Å². The van der Waals surface area contributed by atoms with Crippen molar-refractivity contribution in [1.29, 1.82) is 0 Å². The van der Waals surface area contributed by atoms with Crippen molar-refractivity contribution in [3.63, 3.8) is 0 Å². The number of rotatable bonds is 8. The molecule has 0 aliphatic heterocycles. The molecule has 0 aliphatic rings. The summed E-state index contributed by atoms with van der Waals surface area (Å²) in [4.78, 5) is -0.525. The Bertz CT molecular complexity index is 939. The first-order valence-corrected chi connectivity index (χ1v) is 10.7. The molecular formula is C16H19NO6S2. The highest BCUT2D eigenvalue weighted by molar-refractivity contribution is 7.93. The number of hydrogen-bond donors (Lipinski definition) is 1. The summed E-state index contributed by atoms with van der Waals surface area (Å²) >= 11 is 0. The Kier molecular flexibility index (Phi) is 6.04. The van der Waals surface area contributed by atoms with Gasteiger partial charge in [0.2, 0.25) is 10.0 Å². The molecule has 0 bridgehead atoms. The molecule has 0 radical (unpaired) electrons. The summed E-state index contributed by atoms with van der Waals surface area (Å²) in [7, 11) is -6.14. The number of nitrogens with one attached hydrogen (secondary N) is 1. The molecule has 7 nitrogen and oxygen atoms in total. The van der Waals surface area contributed by atoms with E-state index in [2.05, 4.69) is 4.72 Å². The monoisotopic (exact) mass is 385 g/mol. The van der Waals surface area contributed by atoms with E-state index in [0.29, 0.717) is 11.5 Å². The number of sulfonamides is 1. The molecule has 0 fully saturated rings. The van der Waals surface area contributed by atoms with Crippen molar-refractivity contribution in [2.24, 2.45) is 0 Å². The third-order valence-electron chi connectivity index (χ3n) is 3.26. The Labute approximate surface area is 147 Å². The summed E-state index contributed by atoms with van der Waals surface area (Å²) in [5.74, 6) is 1.02. The molecule has 0 spiro atoms. The summed E-state index contributed by atoms with van der Waals surface area (Å²) in [5.41, 5.74) is 0. The summed E-state index contributed by atoms with van der Waals surface area (Å²) in [6.45, 7) is 0.0269. The first-order chi connectivity index (χ1) is 11.8. The van der Waals surface area contributed by atoms with E-state index in [1.54, 1.807) is 24.3 Å². The number of hydrogen-bond acceptors (Lipinski definition) is 6. The molecule has 0 aromatic heterocycles. The average molecular weight is 385 g/mol. The van der Waals surface area contributed by atoms with Crippen molar-refractivity contribution in [2.45, 2.75) is 9.79 Å². The SMILES string of the molecule is COc1ccccc1OCCNS(=O)(=O)c1ccccc1S(C)(=O)=O. The van der Waals surface area contributed by atoms with Crippen LogP contribution in [0.5, 0.6) is 11.5 Å². The first-order valence-electron chi connectivity index (χ1n) is 7.30. The Hall–Kier alpha value is -2.10. The standard InChI is InChI=1S/C16H19NO6S2/c1-22-13-7-3-4-8-14(13)23-12-11-17-25(20,21)16-10-6-5-9-15(16)24(2,18)19/h3-10,17H,11-12H2,1-2H3. The van der Waals surface area contributed by atoms with Crippen molar-refractivity contribution < 1.29 is 26.3 Å². The Morgan fingerprint density at radius 2 is 1.44 bits per heavy atom. The summed E-state index contributed by atoms with van der Waals surface area (Å²) in [6, 6.07) is 12.4. The van der Waals surface area contributed by atoms with E-state index in [9.17, 15) is 16.8 Å². The Morgan fingerprint density at radius 3 is 2.04 bits per heavy atom. The number of para-hydroxylation sites is 2. The van der Waals surface area contributed by atoms with E-state index >= 15 is 0 Å². The normalized spacial score (nSPS) is 11.9. The quantitative estimate of drug-likeness (QED) is 0.691. The van der Waals surface area contributed by atoms with Crippen molar-refractivity contribution in [3.8, 4) is 11.5 Å². The van der Waals surface area contributed by atoms with Crippen molar-refractivity contribution in [3.05, 3.63) is 48.5 Å². The van der Waals surface area contributed by atoms with Crippen LogP contribution in [0.3, 0.4) is 0 Å². The lowest BCUT2D eigenvalue weighted by Crippen LogP contribution is -2.29. The second-order valence-corrected chi connectivity index (χ2v) is 8.84. The van der Waals surface area contributed by atoms with Gasteiger partial charge in [-0.1, -0.05) is 24.3 Å². The van der Waals surface area contributed by atoms with Crippen LogP contribution in [0.1, 0.15) is 0 Å². The van der Waals surface area contributed by atoms with Crippen molar-refractivity contribution in [1.82, 2.24) is 4.72 Å². The van der Waals surface area contributed by atoms with E-state index in [0.717, 1.165) is 6.26 Å². The van der Waals surface area contributed by atoms with Gasteiger partial charge < -0.3 is 9.47 Å². The maximum atomic E-state index is 12.4. The van der Waals surface area contributed by atoms with E-state index in [1.165, 1.54) is 31.4 Å². The number of benzene rings is 2. The van der Waals surface area contributed by atoms with Crippen LogP contribution in [-0.2, 0) is 19.9 Å². The van der Waals surface area contributed by atoms with E-state index in [1.807, 2.05) is 0 Å². The predicted octanol–water partition coefficient (Wildman–Crippen LogP) is 1.46. The molecule has 0 saturated carbocycles. The minimum Gasteiger partial charge on any atom is -0.493 e. The smallest absolute Gasteiger partial charge is 0.241 e. The third-order valence-corrected chi connectivity index (χ3v) is 6.06. The van der Waals surface area contributed by atoms with Crippen LogP contribution in [0.25, 0.3) is 0 Å². The molecule has 25 heavy (non-hydrogen) atoms. The van der Waals surface area contributed by atoms with Crippen LogP contribution >= 0.6 is 0 Å². The topological polar surface area (TPSA) is 98.8 Å². The van der Waals surface area contributed by atoms with E-state index in [4.69, 9.17) is 9.47 Å². The fourth-order valence-corrected chi connectivity index (χ4v) is 4.77. The highest BCUT2D eigenvalue weighted by atomic mass is 32.2. The molecule has 0 amide bonds. The maximum absolute atomic E-state index is 12.4. The van der Waals surface area contributed by atoms with Gasteiger partial charge in [0.15, 0.2) is 21.3 Å². The number of ether oxygens (including phenoxy) is 2. The van der Waals surface area contributed by atoms with Gasteiger partial charge in [-0.3, -0.25) is 0 Å². The molecule has 1 N–H and O–H groups in total. The molecule has 2 rings (SSSR count). The number of methoxy groups -OCH3 is 1. The molecule has 2 aromatic rings. The summed E-state index contributed by atoms with van der Waals surface area (Å²) in [6.07, 6.45) is 0.964. The minimum atomic E-state index is -3.98. The highest BCUT2D eigenvalue weighted by Gasteiger charge is 2.23. The van der Waals surface area contributed by atoms with Crippen molar-refractivity contribution >= 4 is 19.9 Å². The number of sulfone groups is 1. The van der Waals surface area contributed by atoms with Crippen LogP contribution in [0.15, 0.2) is 58.3 Å². The maximum Gasteiger partial charge on any atom is 0.241 e. The lowest BCUT2D eigenvalue weighted by molar-refractivity contribution is 0.298. The van der Waals surface area contributed by atoms with Gasteiger partial charge in [-0.05, 0) is 24.3 Å². The summed E-state index contributed by atoms with van der Waals surface area (Å²) < 4.78 is 61.2. The average Bonchev–Trinajstić information content (AvgIpc) is 2.58.